The van der Waals surface area contributed by atoms with Gasteiger partial charge in [0.2, 0.25) is 0 Å². The summed E-state index contributed by atoms with van der Waals surface area (Å²) in [6.07, 6.45) is -6.50. The Hall–Kier alpha value is -1.67. The molecule has 0 radical (unpaired) electrons. The summed E-state index contributed by atoms with van der Waals surface area (Å²) >= 11 is 11.1. The van der Waals surface area contributed by atoms with Crippen LogP contribution in [0.25, 0.3) is 0 Å². The second-order valence-electron chi connectivity index (χ2n) is 4.39. The van der Waals surface area contributed by atoms with E-state index in [0.29, 0.717) is 5.56 Å². The largest absolute Gasteiger partial charge is 0.434 e. The molecule has 2 rings (SSSR count). The van der Waals surface area contributed by atoms with E-state index in [9.17, 15) is 22.0 Å². The molecular formula is C13H8Cl2F5N3. The SMILES string of the molecule is FC(F)c1nc(NCc2cnc(C(F)(F)F)c(Cl)c2)ccc1Cl. The van der Waals surface area contributed by atoms with Gasteiger partial charge in [0, 0.05) is 12.7 Å². The van der Waals surface area contributed by atoms with Crippen LogP contribution in [0.4, 0.5) is 27.8 Å². The zero-order valence-corrected chi connectivity index (χ0v) is 12.6. The molecule has 0 saturated heterocycles. The minimum atomic E-state index is -4.65. The molecule has 0 aliphatic rings. The van der Waals surface area contributed by atoms with Crippen molar-refractivity contribution in [3.05, 3.63) is 51.4 Å². The molecule has 0 unspecified atom stereocenters. The molecule has 0 fully saturated rings. The minimum Gasteiger partial charge on any atom is -0.366 e. The van der Waals surface area contributed by atoms with Crippen molar-refractivity contribution < 1.29 is 22.0 Å². The van der Waals surface area contributed by atoms with Crippen LogP contribution in [0.3, 0.4) is 0 Å². The van der Waals surface area contributed by atoms with Gasteiger partial charge >= 0.3 is 6.18 Å². The van der Waals surface area contributed by atoms with Crippen LogP contribution in [0.15, 0.2) is 24.4 Å². The highest BCUT2D eigenvalue weighted by Gasteiger charge is 2.35. The lowest BCUT2D eigenvalue weighted by Crippen LogP contribution is -2.10. The van der Waals surface area contributed by atoms with Crippen molar-refractivity contribution in [1.82, 2.24) is 9.97 Å². The van der Waals surface area contributed by atoms with Crippen molar-refractivity contribution in [3.63, 3.8) is 0 Å². The molecule has 0 amide bonds. The average Bonchev–Trinajstić information content (AvgIpc) is 2.44. The number of aromatic nitrogens is 2. The molecule has 0 aliphatic carbocycles. The number of nitrogens with one attached hydrogen (secondary N) is 1. The third-order valence-electron chi connectivity index (χ3n) is 2.72. The Morgan fingerprint density at radius 3 is 2.39 bits per heavy atom. The molecule has 2 aromatic heterocycles. The van der Waals surface area contributed by atoms with Gasteiger partial charge in [-0.1, -0.05) is 23.2 Å². The van der Waals surface area contributed by atoms with Crippen molar-refractivity contribution in [2.45, 2.75) is 19.1 Å². The Labute approximate surface area is 137 Å². The molecule has 3 nitrogen and oxygen atoms in total. The maximum absolute atomic E-state index is 12.7. The minimum absolute atomic E-state index is 0.00215. The number of hydrogen-bond acceptors (Lipinski definition) is 3. The fourth-order valence-electron chi connectivity index (χ4n) is 1.68. The first-order chi connectivity index (χ1) is 10.7. The number of halogens is 7. The summed E-state index contributed by atoms with van der Waals surface area (Å²) in [5, 5.41) is 1.96. The van der Waals surface area contributed by atoms with Crippen LogP contribution in [0, 0.1) is 0 Å². The van der Waals surface area contributed by atoms with Gasteiger partial charge in [0.15, 0.2) is 5.69 Å². The van der Waals surface area contributed by atoms with E-state index in [2.05, 4.69) is 15.3 Å². The van der Waals surface area contributed by atoms with Crippen LogP contribution in [0.5, 0.6) is 0 Å². The van der Waals surface area contributed by atoms with Gasteiger partial charge in [0.25, 0.3) is 6.43 Å². The van der Waals surface area contributed by atoms with Crippen molar-refractivity contribution in [1.29, 1.82) is 0 Å². The molecule has 2 aromatic rings. The highest BCUT2D eigenvalue weighted by Crippen LogP contribution is 2.33. The van der Waals surface area contributed by atoms with Crippen LogP contribution >= 0.6 is 23.2 Å². The van der Waals surface area contributed by atoms with Gasteiger partial charge in [0.1, 0.15) is 11.5 Å². The van der Waals surface area contributed by atoms with E-state index >= 15 is 0 Å². The summed E-state index contributed by atoms with van der Waals surface area (Å²) in [5.41, 5.74) is -1.44. The van der Waals surface area contributed by atoms with Gasteiger partial charge in [-0.2, -0.15) is 13.2 Å². The summed E-state index contributed by atoms with van der Waals surface area (Å²) in [6.45, 7) is 0.00215. The van der Waals surface area contributed by atoms with E-state index < -0.39 is 29.0 Å². The van der Waals surface area contributed by atoms with Crippen molar-refractivity contribution in [2.75, 3.05) is 5.32 Å². The highest BCUT2D eigenvalue weighted by atomic mass is 35.5. The van der Waals surface area contributed by atoms with E-state index in [4.69, 9.17) is 23.2 Å². The van der Waals surface area contributed by atoms with Gasteiger partial charge in [-0.15, -0.1) is 0 Å². The van der Waals surface area contributed by atoms with Gasteiger partial charge in [-0.05, 0) is 23.8 Å². The number of pyridine rings is 2. The zero-order valence-electron chi connectivity index (χ0n) is 11.1. The van der Waals surface area contributed by atoms with E-state index in [1.165, 1.54) is 12.1 Å². The normalized spacial score (nSPS) is 11.8. The number of alkyl halides is 5. The predicted molar refractivity (Wildman–Crippen MR) is 75.8 cm³/mol. The van der Waals surface area contributed by atoms with Crippen molar-refractivity contribution in [2.24, 2.45) is 0 Å². The molecule has 2 heterocycles. The van der Waals surface area contributed by atoms with Crippen LogP contribution in [-0.2, 0) is 12.7 Å². The Morgan fingerprint density at radius 2 is 1.83 bits per heavy atom. The summed E-state index contributed by atoms with van der Waals surface area (Å²) in [4.78, 5) is 6.90. The quantitative estimate of drug-likeness (QED) is 0.735. The first kappa shape index (κ1) is 17.7. The highest BCUT2D eigenvalue weighted by molar-refractivity contribution is 6.31. The van der Waals surface area contributed by atoms with E-state index in [-0.39, 0.29) is 17.4 Å². The molecule has 10 heteroatoms. The predicted octanol–water partition coefficient (Wildman–Crippen LogP) is 5.35. The van der Waals surface area contributed by atoms with Gasteiger partial charge in [-0.25, -0.2) is 18.7 Å². The fourth-order valence-corrected chi connectivity index (χ4v) is 2.17. The summed E-state index contributed by atoms with van der Waals surface area (Å²) < 4.78 is 62.9. The number of hydrogen-bond donors (Lipinski definition) is 1. The first-order valence-corrected chi connectivity index (χ1v) is 6.84. The van der Waals surface area contributed by atoms with E-state index in [1.807, 2.05) is 0 Å². The van der Waals surface area contributed by atoms with E-state index in [1.54, 1.807) is 0 Å². The molecule has 0 atom stereocenters. The van der Waals surface area contributed by atoms with E-state index in [0.717, 1.165) is 12.3 Å². The lowest BCUT2D eigenvalue weighted by atomic mass is 10.2. The number of anilines is 1. The number of nitrogens with zero attached hydrogens (tertiary/aromatic N) is 2. The maximum atomic E-state index is 12.7. The third kappa shape index (κ3) is 4.42. The topological polar surface area (TPSA) is 37.8 Å². The summed E-state index contributed by atoms with van der Waals surface area (Å²) in [5.74, 6) is 0.0979. The van der Waals surface area contributed by atoms with Crippen LogP contribution in [0.2, 0.25) is 10.0 Å². The molecule has 124 valence electrons. The van der Waals surface area contributed by atoms with Gasteiger partial charge in [0.05, 0.1) is 10.0 Å². The Kier molecular flexibility index (Phi) is 5.26. The first-order valence-electron chi connectivity index (χ1n) is 6.08. The summed E-state index contributed by atoms with van der Waals surface area (Å²) in [6, 6.07) is 3.71. The molecular weight excluding hydrogens is 364 g/mol. The second-order valence-corrected chi connectivity index (χ2v) is 5.20. The van der Waals surface area contributed by atoms with Crippen molar-refractivity contribution in [3.8, 4) is 0 Å². The molecule has 23 heavy (non-hydrogen) atoms. The molecule has 1 N–H and O–H groups in total. The molecule has 0 aliphatic heterocycles. The second kappa shape index (κ2) is 6.84. The standard InChI is InChI=1S/C13H8Cl2F5N3/c14-7-1-2-9(23-10(7)12(16)17)21-4-6-3-8(15)11(22-5-6)13(18,19)20/h1-3,5,12H,4H2,(H,21,23). The smallest absolute Gasteiger partial charge is 0.366 e. The maximum Gasteiger partial charge on any atom is 0.434 e. The fraction of sp³-hybridized carbons (Fsp3) is 0.231. The molecule has 0 bridgehead atoms. The lowest BCUT2D eigenvalue weighted by Gasteiger charge is -2.11. The van der Waals surface area contributed by atoms with Gasteiger partial charge in [-0.3, -0.25) is 0 Å². The number of rotatable bonds is 4. The van der Waals surface area contributed by atoms with Gasteiger partial charge < -0.3 is 5.32 Å². The third-order valence-corrected chi connectivity index (χ3v) is 3.33. The lowest BCUT2D eigenvalue weighted by molar-refractivity contribution is -0.141. The monoisotopic (exact) mass is 371 g/mol. The average molecular weight is 372 g/mol. The summed E-state index contributed by atoms with van der Waals surface area (Å²) in [7, 11) is 0. The van der Waals surface area contributed by atoms with Crippen LogP contribution < -0.4 is 5.32 Å². The Bertz CT molecular complexity index is 706. The zero-order chi connectivity index (χ0) is 17.2. The van der Waals surface area contributed by atoms with Crippen LogP contribution in [0.1, 0.15) is 23.4 Å². The molecule has 0 spiro atoms. The van der Waals surface area contributed by atoms with Crippen molar-refractivity contribution >= 4 is 29.0 Å². The Balaban J connectivity index is 2.13. The molecule has 0 aromatic carbocycles. The Morgan fingerprint density at radius 1 is 1.13 bits per heavy atom. The van der Waals surface area contributed by atoms with Crippen LogP contribution in [-0.4, -0.2) is 9.97 Å². The molecule has 0 saturated carbocycles.